The lowest BCUT2D eigenvalue weighted by atomic mass is 10.2. The van der Waals surface area contributed by atoms with Crippen molar-refractivity contribution < 1.29 is 9.84 Å². The first-order chi connectivity index (χ1) is 8.40. The van der Waals surface area contributed by atoms with E-state index in [0.29, 0.717) is 13.2 Å². The normalized spacial score (nSPS) is 20.6. The van der Waals surface area contributed by atoms with Crippen LogP contribution in [0.1, 0.15) is 5.56 Å². The van der Waals surface area contributed by atoms with E-state index >= 15 is 0 Å². The van der Waals surface area contributed by atoms with Gasteiger partial charge in [0.25, 0.3) is 0 Å². The van der Waals surface area contributed by atoms with Crippen molar-refractivity contribution in [3.63, 3.8) is 0 Å². The second-order valence-corrected chi connectivity index (χ2v) is 4.05. The van der Waals surface area contributed by atoms with Gasteiger partial charge in [-0.05, 0) is 12.1 Å². The number of hydrogen-bond acceptors (Lipinski definition) is 3. The summed E-state index contributed by atoms with van der Waals surface area (Å²) in [5, 5.41) is 9.21. The third kappa shape index (κ3) is 3.57. The third-order valence-electron chi connectivity index (χ3n) is 2.85. The van der Waals surface area contributed by atoms with Crippen molar-refractivity contribution in [1.29, 1.82) is 0 Å². The van der Waals surface area contributed by atoms with E-state index < -0.39 is 0 Å². The van der Waals surface area contributed by atoms with E-state index in [1.54, 1.807) is 0 Å². The molecule has 17 heavy (non-hydrogen) atoms. The monoisotopic (exact) mass is 231 g/mol. The van der Waals surface area contributed by atoms with E-state index in [1.165, 1.54) is 0 Å². The second kappa shape index (κ2) is 6.41. The molecule has 1 aromatic carbocycles. The molecule has 0 amide bonds. The average Bonchev–Trinajstić information content (AvgIpc) is 2.40. The molecule has 1 aliphatic heterocycles. The van der Waals surface area contributed by atoms with Crippen LogP contribution in [0, 0.1) is 11.8 Å². The molecule has 1 aromatic rings. The molecule has 1 aliphatic rings. The molecule has 1 unspecified atom stereocenters. The summed E-state index contributed by atoms with van der Waals surface area (Å²) in [5.74, 6) is 6.27. The zero-order chi connectivity index (χ0) is 11.9. The SMILES string of the molecule is OCC1COCCN1CC#Cc1ccccc1. The molecule has 0 spiro atoms. The van der Waals surface area contributed by atoms with Crippen LogP contribution in [0.4, 0.5) is 0 Å². The summed E-state index contributed by atoms with van der Waals surface area (Å²) >= 11 is 0. The van der Waals surface area contributed by atoms with Crippen LogP contribution < -0.4 is 0 Å². The number of nitrogens with zero attached hydrogens (tertiary/aromatic N) is 1. The predicted molar refractivity (Wildman–Crippen MR) is 66.6 cm³/mol. The van der Waals surface area contributed by atoms with Crippen LogP contribution in [0.3, 0.4) is 0 Å². The molecule has 1 fully saturated rings. The fraction of sp³-hybridized carbons (Fsp3) is 0.429. The molecule has 1 atom stereocenters. The van der Waals surface area contributed by atoms with Crippen molar-refractivity contribution in [2.75, 3.05) is 32.9 Å². The van der Waals surface area contributed by atoms with Gasteiger partial charge in [-0.3, -0.25) is 4.90 Å². The molecule has 0 bridgehead atoms. The third-order valence-corrected chi connectivity index (χ3v) is 2.85. The Balaban J connectivity index is 1.91. The number of aliphatic hydroxyl groups excluding tert-OH is 1. The Morgan fingerprint density at radius 2 is 2.18 bits per heavy atom. The maximum Gasteiger partial charge on any atom is 0.0645 e. The summed E-state index contributed by atoms with van der Waals surface area (Å²) in [6, 6.07) is 10.0. The molecule has 0 aromatic heterocycles. The average molecular weight is 231 g/mol. The van der Waals surface area contributed by atoms with Crippen LogP contribution in [-0.4, -0.2) is 49.0 Å². The van der Waals surface area contributed by atoms with E-state index in [1.807, 2.05) is 30.3 Å². The van der Waals surface area contributed by atoms with E-state index in [4.69, 9.17) is 4.74 Å². The Morgan fingerprint density at radius 3 is 2.94 bits per heavy atom. The van der Waals surface area contributed by atoms with Gasteiger partial charge in [0, 0.05) is 12.1 Å². The first kappa shape index (κ1) is 12.1. The first-order valence-corrected chi connectivity index (χ1v) is 5.86. The minimum absolute atomic E-state index is 0.0915. The summed E-state index contributed by atoms with van der Waals surface area (Å²) in [6.45, 7) is 2.98. The molecule has 0 radical (unpaired) electrons. The highest BCUT2D eigenvalue weighted by molar-refractivity contribution is 5.33. The fourth-order valence-corrected chi connectivity index (χ4v) is 1.83. The maximum atomic E-state index is 9.21. The maximum absolute atomic E-state index is 9.21. The lowest BCUT2D eigenvalue weighted by molar-refractivity contribution is -0.0210. The molecule has 3 heteroatoms. The summed E-state index contributed by atoms with van der Waals surface area (Å²) in [7, 11) is 0. The molecule has 0 aliphatic carbocycles. The Hall–Kier alpha value is -1.34. The summed E-state index contributed by atoms with van der Waals surface area (Å²) in [5.41, 5.74) is 1.03. The second-order valence-electron chi connectivity index (χ2n) is 4.05. The van der Waals surface area contributed by atoms with Crippen molar-refractivity contribution in [1.82, 2.24) is 4.90 Å². The van der Waals surface area contributed by atoms with Gasteiger partial charge >= 0.3 is 0 Å². The van der Waals surface area contributed by atoms with E-state index in [2.05, 4.69) is 16.7 Å². The lowest BCUT2D eigenvalue weighted by Gasteiger charge is -2.32. The molecule has 90 valence electrons. The van der Waals surface area contributed by atoms with Crippen LogP contribution in [-0.2, 0) is 4.74 Å². The van der Waals surface area contributed by atoms with Crippen molar-refractivity contribution in [2.24, 2.45) is 0 Å². The van der Waals surface area contributed by atoms with Crippen LogP contribution in [0.25, 0.3) is 0 Å². The van der Waals surface area contributed by atoms with Gasteiger partial charge < -0.3 is 9.84 Å². The molecule has 1 N–H and O–H groups in total. The Bertz CT molecular complexity index is 394. The molecular formula is C14H17NO2. The van der Waals surface area contributed by atoms with Gasteiger partial charge in [-0.2, -0.15) is 0 Å². The minimum Gasteiger partial charge on any atom is -0.395 e. The molecule has 3 nitrogen and oxygen atoms in total. The van der Waals surface area contributed by atoms with Gasteiger partial charge in [0.2, 0.25) is 0 Å². The van der Waals surface area contributed by atoms with E-state index in [9.17, 15) is 5.11 Å². The Labute approximate surface area is 102 Å². The molecular weight excluding hydrogens is 214 g/mol. The van der Waals surface area contributed by atoms with Crippen molar-refractivity contribution in [3.8, 4) is 11.8 Å². The highest BCUT2D eigenvalue weighted by atomic mass is 16.5. The lowest BCUT2D eigenvalue weighted by Crippen LogP contribution is -2.47. The minimum atomic E-state index is 0.0915. The van der Waals surface area contributed by atoms with Gasteiger partial charge in [-0.25, -0.2) is 0 Å². The molecule has 0 saturated carbocycles. The number of aliphatic hydroxyl groups is 1. The smallest absolute Gasteiger partial charge is 0.0645 e. The standard InChI is InChI=1S/C14H17NO2/c16-11-14-12-17-10-9-15(14)8-4-7-13-5-2-1-3-6-13/h1-3,5-6,14,16H,8-12H2. The number of hydrogen-bond donors (Lipinski definition) is 1. The highest BCUT2D eigenvalue weighted by Gasteiger charge is 2.20. The van der Waals surface area contributed by atoms with Gasteiger partial charge in [-0.1, -0.05) is 30.0 Å². The number of rotatable bonds is 2. The van der Waals surface area contributed by atoms with Crippen LogP contribution in [0.15, 0.2) is 30.3 Å². The first-order valence-electron chi connectivity index (χ1n) is 5.86. The van der Waals surface area contributed by atoms with Crippen LogP contribution >= 0.6 is 0 Å². The zero-order valence-corrected chi connectivity index (χ0v) is 9.80. The highest BCUT2D eigenvalue weighted by Crippen LogP contribution is 2.05. The number of benzene rings is 1. The Kier molecular flexibility index (Phi) is 4.57. The predicted octanol–water partition coefficient (Wildman–Crippen LogP) is 0.731. The summed E-state index contributed by atoms with van der Waals surface area (Å²) in [6.07, 6.45) is 0. The number of morpholine rings is 1. The Morgan fingerprint density at radius 1 is 1.35 bits per heavy atom. The van der Waals surface area contributed by atoms with Gasteiger partial charge in [-0.15, -0.1) is 0 Å². The molecule has 1 heterocycles. The quantitative estimate of drug-likeness (QED) is 0.762. The largest absolute Gasteiger partial charge is 0.395 e. The fourth-order valence-electron chi connectivity index (χ4n) is 1.83. The molecule has 1 saturated heterocycles. The van der Waals surface area contributed by atoms with Gasteiger partial charge in [0.15, 0.2) is 0 Å². The summed E-state index contributed by atoms with van der Waals surface area (Å²) in [4.78, 5) is 2.17. The van der Waals surface area contributed by atoms with Gasteiger partial charge in [0.05, 0.1) is 32.4 Å². The van der Waals surface area contributed by atoms with Crippen molar-refractivity contribution in [3.05, 3.63) is 35.9 Å². The zero-order valence-electron chi connectivity index (χ0n) is 9.80. The van der Waals surface area contributed by atoms with Gasteiger partial charge in [0.1, 0.15) is 0 Å². The van der Waals surface area contributed by atoms with E-state index in [0.717, 1.165) is 18.7 Å². The molecule has 2 rings (SSSR count). The van der Waals surface area contributed by atoms with E-state index in [-0.39, 0.29) is 12.6 Å². The van der Waals surface area contributed by atoms with Crippen LogP contribution in [0.5, 0.6) is 0 Å². The topological polar surface area (TPSA) is 32.7 Å². The van der Waals surface area contributed by atoms with Crippen molar-refractivity contribution in [2.45, 2.75) is 6.04 Å². The van der Waals surface area contributed by atoms with Crippen LogP contribution in [0.2, 0.25) is 0 Å². The summed E-state index contributed by atoms with van der Waals surface area (Å²) < 4.78 is 5.32. The van der Waals surface area contributed by atoms with Crippen molar-refractivity contribution >= 4 is 0 Å². The number of ether oxygens (including phenoxy) is 1.